The molecule has 1 aromatic rings. The van der Waals surface area contributed by atoms with Crippen LogP contribution in [0.15, 0.2) is 18.2 Å². The number of benzene rings is 1. The Labute approximate surface area is 133 Å². The molecule has 1 fully saturated rings. The van der Waals surface area contributed by atoms with E-state index in [0.29, 0.717) is 13.1 Å². The normalized spacial score (nSPS) is 22.5. The second-order valence-corrected chi connectivity index (χ2v) is 7.25. The first-order valence-corrected chi connectivity index (χ1v) is 7.90. The lowest BCUT2D eigenvalue weighted by atomic mass is 9.84. The lowest BCUT2D eigenvalue weighted by Crippen LogP contribution is -2.47. The summed E-state index contributed by atoms with van der Waals surface area (Å²) in [5, 5.41) is 10.5. The van der Waals surface area contributed by atoms with Crippen molar-refractivity contribution in [2.45, 2.75) is 58.7 Å². The number of ether oxygens (including phenoxy) is 1. The fraction of sp³-hybridized carbons (Fsp3) is 0.611. The summed E-state index contributed by atoms with van der Waals surface area (Å²) in [6, 6.07) is 6.32. The molecule has 2 atom stereocenters. The van der Waals surface area contributed by atoms with E-state index >= 15 is 0 Å². The van der Waals surface area contributed by atoms with E-state index in [1.54, 1.807) is 4.90 Å². The molecular weight excluding hydrogens is 278 g/mol. The van der Waals surface area contributed by atoms with Gasteiger partial charge in [0.25, 0.3) is 0 Å². The number of nitrogens with zero attached hydrogens (tertiary/aromatic N) is 1. The highest BCUT2D eigenvalue weighted by Crippen LogP contribution is 2.31. The minimum atomic E-state index is -0.554. The van der Waals surface area contributed by atoms with Crippen LogP contribution < -0.4 is 0 Å². The third-order valence-corrected chi connectivity index (χ3v) is 4.07. The smallest absolute Gasteiger partial charge is 0.410 e. The summed E-state index contributed by atoms with van der Waals surface area (Å²) in [5.41, 5.74) is 3.07. The summed E-state index contributed by atoms with van der Waals surface area (Å²) in [5.74, 6) is 0.0820. The molecular formula is C18H27NO3. The molecule has 1 N–H and O–H groups in total. The molecule has 1 amide bonds. The summed E-state index contributed by atoms with van der Waals surface area (Å²) in [7, 11) is 0. The van der Waals surface area contributed by atoms with Crippen LogP contribution in [0.1, 0.15) is 49.8 Å². The van der Waals surface area contributed by atoms with Gasteiger partial charge in [-0.3, -0.25) is 0 Å². The number of aliphatic hydroxyl groups is 1. The number of carbonyl (C=O) groups excluding carboxylic acids is 1. The molecule has 1 saturated heterocycles. The molecule has 1 heterocycles. The molecule has 1 aliphatic heterocycles. The SMILES string of the molecule is Cc1ccc(C)c([C@@H]2CCN(C(=O)OC(C)(C)C)C[C@H]2O)c1. The lowest BCUT2D eigenvalue weighted by Gasteiger charge is -2.37. The van der Waals surface area contributed by atoms with Gasteiger partial charge >= 0.3 is 6.09 Å². The van der Waals surface area contributed by atoms with Crippen LogP contribution in [0.4, 0.5) is 4.79 Å². The minimum absolute atomic E-state index is 0.0820. The largest absolute Gasteiger partial charge is 0.444 e. The number of β-amino-alcohol motifs (C(OH)–C–C–N with tert-alkyl or cyclic N) is 1. The maximum absolute atomic E-state index is 12.1. The highest BCUT2D eigenvalue weighted by molar-refractivity contribution is 5.68. The molecule has 22 heavy (non-hydrogen) atoms. The summed E-state index contributed by atoms with van der Waals surface area (Å²) in [6.07, 6.45) is -0.141. The van der Waals surface area contributed by atoms with Gasteiger partial charge in [-0.25, -0.2) is 4.79 Å². The van der Waals surface area contributed by atoms with Crippen LogP contribution in [0, 0.1) is 13.8 Å². The van der Waals surface area contributed by atoms with Crippen molar-refractivity contribution in [3.05, 3.63) is 34.9 Å². The Morgan fingerprint density at radius 1 is 1.32 bits per heavy atom. The van der Waals surface area contributed by atoms with Gasteiger partial charge < -0.3 is 14.7 Å². The van der Waals surface area contributed by atoms with E-state index < -0.39 is 11.7 Å². The second kappa shape index (κ2) is 6.29. The van der Waals surface area contributed by atoms with Crippen molar-refractivity contribution >= 4 is 6.09 Å². The van der Waals surface area contributed by atoms with Crippen molar-refractivity contribution in [2.75, 3.05) is 13.1 Å². The van der Waals surface area contributed by atoms with Crippen LogP contribution in [0.3, 0.4) is 0 Å². The molecule has 0 saturated carbocycles. The van der Waals surface area contributed by atoms with E-state index in [0.717, 1.165) is 6.42 Å². The minimum Gasteiger partial charge on any atom is -0.444 e. The van der Waals surface area contributed by atoms with E-state index in [-0.39, 0.29) is 12.0 Å². The molecule has 122 valence electrons. The quantitative estimate of drug-likeness (QED) is 0.865. The number of piperidine rings is 1. The van der Waals surface area contributed by atoms with Crippen molar-refractivity contribution in [3.63, 3.8) is 0 Å². The van der Waals surface area contributed by atoms with Gasteiger partial charge in [0.1, 0.15) is 5.60 Å². The van der Waals surface area contributed by atoms with Crippen LogP contribution in [0.2, 0.25) is 0 Å². The first-order chi connectivity index (χ1) is 10.2. The summed E-state index contributed by atoms with van der Waals surface area (Å²) in [6.45, 7) is 10.6. The Bertz CT molecular complexity index is 548. The molecule has 4 nitrogen and oxygen atoms in total. The zero-order chi connectivity index (χ0) is 16.5. The fourth-order valence-corrected chi connectivity index (χ4v) is 2.95. The Kier molecular flexibility index (Phi) is 4.81. The number of rotatable bonds is 1. The average Bonchev–Trinajstić information content (AvgIpc) is 2.40. The first-order valence-electron chi connectivity index (χ1n) is 7.90. The molecule has 0 unspecified atom stereocenters. The van der Waals surface area contributed by atoms with Crippen molar-refractivity contribution < 1.29 is 14.6 Å². The standard InChI is InChI=1S/C18H27NO3/c1-12-6-7-13(2)15(10-12)14-8-9-19(11-16(14)20)17(21)22-18(3,4)5/h6-7,10,14,16,20H,8-9,11H2,1-5H3/t14-,16+/m0/s1. The molecule has 0 spiro atoms. The maximum atomic E-state index is 12.1. The van der Waals surface area contributed by atoms with Crippen LogP contribution in [0.25, 0.3) is 0 Å². The van der Waals surface area contributed by atoms with Crippen molar-refractivity contribution in [1.29, 1.82) is 0 Å². The van der Waals surface area contributed by atoms with Crippen LogP contribution in [-0.2, 0) is 4.74 Å². The maximum Gasteiger partial charge on any atom is 0.410 e. The number of aliphatic hydroxyl groups excluding tert-OH is 1. The topological polar surface area (TPSA) is 49.8 Å². The number of aryl methyl sites for hydroxylation is 2. The van der Waals surface area contributed by atoms with Crippen molar-refractivity contribution in [1.82, 2.24) is 4.90 Å². The van der Waals surface area contributed by atoms with Gasteiger partial charge in [0, 0.05) is 12.5 Å². The van der Waals surface area contributed by atoms with Crippen LogP contribution in [-0.4, -0.2) is 40.9 Å². The fourth-order valence-electron chi connectivity index (χ4n) is 2.95. The highest BCUT2D eigenvalue weighted by Gasteiger charge is 2.33. The Balaban J connectivity index is 2.07. The van der Waals surface area contributed by atoms with E-state index in [2.05, 4.69) is 32.0 Å². The molecule has 2 rings (SSSR count). The number of hydrogen-bond acceptors (Lipinski definition) is 3. The molecule has 0 bridgehead atoms. The molecule has 4 heteroatoms. The summed E-state index contributed by atoms with van der Waals surface area (Å²) in [4.78, 5) is 13.7. The second-order valence-electron chi connectivity index (χ2n) is 7.25. The molecule has 1 aliphatic rings. The van der Waals surface area contributed by atoms with E-state index in [1.165, 1.54) is 16.7 Å². The van der Waals surface area contributed by atoms with Crippen molar-refractivity contribution in [3.8, 4) is 0 Å². The molecule has 0 radical (unpaired) electrons. The molecule has 0 aromatic heterocycles. The van der Waals surface area contributed by atoms with E-state index in [9.17, 15) is 9.90 Å². The predicted molar refractivity (Wildman–Crippen MR) is 87.1 cm³/mol. The van der Waals surface area contributed by atoms with E-state index in [4.69, 9.17) is 4.74 Å². The van der Waals surface area contributed by atoms with E-state index in [1.807, 2.05) is 20.8 Å². The summed E-state index contributed by atoms with van der Waals surface area (Å²) >= 11 is 0. The van der Waals surface area contributed by atoms with Crippen LogP contribution in [0.5, 0.6) is 0 Å². The van der Waals surface area contributed by atoms with Crippen LogP contribution >= 0.6 is 0 Å². The number of carbonyl (C=O) groups is 1. The van der Waals surface area contributed by atoms with Crippen molar-refractivity contribution in [2.24, 2.45) is 0 Å². The van der Waals surface area contributed by atoms with Gasteiger partial charge in [0.05, 0.1) is 12.6 Å². The monoisotopic (exact) mass is 305 g/mol. The highest BCUT2D eigenvalue weighted by atomic mass is 16.6. The van der Waals surface area contributed by atoms with Gasteiger partial charge in [0.2, 0.25) is 0 Å². The Morgan fingerprint density at radius 2 is 2.00 bits per heavy atom. The first kappa shape index (κ1) is 16.8. The lowest BCUT2D eigenvalue weighted by molar-refractivity contribution is -0.00157. The number of amides is 1. The summed E-state index contributed by atoms with van der Waals surface area (Å²) < 4.78 is 5.39. The Morgan fingerprint density at radius 3 is 2.59 bits per heavy atom. The van der Waals surface area contributed by atoms with Gasteiger partial charge in [-0.1, -0.05) is 23.8 Å². The molecule has 1 aromatic carbocycles. The zero-order valence-corrected chi connectivity index (χ0v) is 14.2. The predicted octanol–water partition coefficient (Wildman–Crippen LogP) is 3.39. The third-order valence-electron chi connectivity index (χ3n) is 4.07. The number of hydrogen-bond donors (Lipinski definition) is 1. The molecule has 0 aliphatic carbocycles. The number of likely N-dealkylation sites (tertiary alicyclic amines) is 1. The third kappa shape index (κ3) is 4.01. The van der Waals surface area contributed by atoms with Gasteiger partial charge in [-0.2, -0.15) is 0 Å². The van der Waals surface area contributed by atoms with Gasteiger partial charge in [-0.15, -0.1) is 0 Å². The zero-order valence-electron chi connectivity index (χ0n) is 14.2. The average molecular weight is 305 g/mol. The van der Waals surface area contributed by atoms with Gasteiger partial charge in [-0.05, 0) is 52.2 Å². The van der Waals surface area contributed by atoms with Gasteiger partial charge in [0.15, 0.2) is 0 Å². The Hall–Kier alpha value is -1.55.